The Morgan fingerprint density at radius 2 is 2.04 bits per heavy atom. The molecule has 2 rings (SSSR count). The van der Waals surface area contributed by atoms with Gasteiger partial charge < -0.3 is 16.8 Å². The van der Waals surface area contributed by atoms with E-state index >= 15 is 0 Å². The number of allylic oxidation sites excluding steroid dienone is 1. The van der Waals surface area contributed by atoms with E-state index in [-0.39, 0.29) is 28.9 Å². The predicted octanol–water partition coefficient (Wildman–Crippen LogP) is 2.17. The van der Waals surface area contributed by atoms with Crippen LogP contribution in [0.4, 0.5) is 17.5 Å². The number of aromatic amines is 1. The first-order valence-electron chi connectivity index (χ1n) is 9.05. The van der Waals surface area contributed by atoms with Crippen molar-refractivity contribution in [2.24, 2.45) is 0 Å². The number of hydrogen-bond donors (Lipinski definition) is 4. The third-order valence-corrected chi connectivity index (χ3v) is 4.17. The van der Waals surface area contributed by atoms with Crippen LogP contribution < -0.4 is 22.3 Å². The monoisotopic (exact) mass is 383 g/mol. The summed E-state index contributed by atoms with van der Waals surface area (Å²) < 4.78 is 0. The normalized spacial score (nSPS) is 10.9. The summed E-state index contributed by atoms with van der Waals surface area (Å²) in [6, 6.07) is 5.42. The lowest BCUT2D eigenvalue weighted by Gasteiger charge is -2.11. The Morgan fingerprint density at radius 3 is 2.68 bits per heavy atom. The molecule has 148 valence electrons. The zero-order chi connectivity index (χ0) is 20.7. The second kappa shape index (κ2) is 9.50. The van der Waals surface area contributed by atoms with Crippen LogP contribution in [0.25, 0.3) is 6.08 Å². The molecule has 0 bridgehead atoms. The van der Waals surface area contributed by atoms with Gasteiger partial charge in [-0.25, -0.2) is 0 Å². The van der Waals surface area contributed by atoms with Crippen molar-refractivity contribution in [3.05, 3.63) is 51.3 Å². The molecule has 6 N–H and O–H groups in total. The number of nitrogen functional groups attached to an aromatic ring is 2. The SMILES string of the molecule is CCC(=O)c1cc(NCCCc2c(N)nc(N)[nH]c2=O)ccc1/C=C/C(C)=O. The molecule has 0 spiro atoms. The molecule has 0 aliphatic heterocycles. The molecule has 0 atom stereocenters. The number of nitrogens with one attached hydrogen (secondary N) is 2. The third-order valence-electron chi connectivity index (χ3n) is 4.17. The van der Waals surface area contributed by atoms with Crippen molar-refractivity contribution in [1.82, 2.24) is 9.97 Å². The number of Topliss-reactive ketones (excluding diaryl/α,β-unsaturated/α-hetero) is 1. The highest BCUT2D eigenvalue weighted by Crippen LogP contribution is 2.19. The van der Waals surface area contributed by atoms with E-state index in [1.807, 2.05) is 6.07 Å². The molecule has 8 nitrogen and oxygen atoms in total. The van der Waals surface area contributed by atoms with E-state index in [2.05, 4.69) is 15.3 Å². The van der Waals surface area contributed by atoms with E-state index in [4.69, 9.17) is 11.5 Å². The molecule has 0 saturated carbocycles. The number of anilines is 3. The predicted molar refractivity (Wildman–Crippen MR) is 111 cm³/mol. The van der Waals surface area contributed by atoms with Crippen LogP contribution in [0.2, 0.25) is 0 Å². The van der Waals surface area contributed by atoms with Crippen LogP contribution in [0.1, 0.15) is 48.2 Å². The van der Waals surface area contributed by atoms with Gasteiger partial charge in [0.15, 0.2) is 11.6 Å². The Balaban J connectivity index is 2.05. The van der Waals surface area contributed by atoms with Crippen molar-refractivity contribution >= 4 is 35.1 Å². The molecule has 1 aromatic heterocycles. The highest BCUT2D eigenvalue weighted by molar-refractivity contribution is 6.01. The summed E-state index contributed by atoms with van der Waals surface area (Å²) >= 11 is 0. The van der Waals surface area contributed by atoms with Crippen LogP contribution in [0.3, 0.4) is 0 Å². The first-order chi connectivity index (χ1) is 13.3. The van der Waals surface area contributed by atoms with Crippen molar-refractivity contribution in [3.8, 4) is 0 Å². The fourth-order valence-electron chi connectivity index (χ4n) is 2.72. The molecule has 1 aromatic carbocycles. The second-order valence-corrected chi connectivity index (χ2v) is 6.37. The average molecular weight is 383 g/mol. The topological polar surface area (TPSA) is 144 Å². The molecule has 0 radical (unpaired) electrons. The van der Waals surface area contributed by atoms with Gasteiger partial charge in [0.25, 0.3) is 5.56 Å². The molecular formula is C20H25N5O3. The molecule has 1 heterocycles. The quantitative estimate of drug-likeness (QED) is 0.295. The lowest BCUT2D eigenvalue weighted by Crippen LogP contribution is -2.20. The van der Waals surface area contributed by atoms with Gasteiger partial charge in [0.2, 0.25) is 5.95 Å². The summed E-state index contributed by atoms with van der Waals surface area (Å²) in [6.45, 7) is 3.83. The summed E-state index contributed by atoms with van der Waals surface area (Å²) in [7, 11) is 0. The van der Waals surface area contributed by atoms with Gasteiger partial charge in [-0.1, -0.05) is 19.1 Å². The van der Waals surface area contributed by atoms with E-state index < -0.39 is 0 Å². The van der Waals surface area contributed by atoms with E-state index in [1.165, 1.54) is 13.0 Å². The van der Waals surface area contributed by atoms with Crippen molar-refractivity contribution in [2.75, 3.05) is 23.3 Å². The molecule has 28 heavy (non-hydrogen) atoms. The lowest BCUT2D eigenvalue weighted by molar-refractivity contribution is -0.112. The Bertz CT molecular complexity index is 963. The van der Waals surface area contributed by atoms with Gasteiger partial charge >= 0.3 is 0 Å². The number of carbonyl (C=O) groups is 2. The van der Waals surface area contributed by atoms with Crippen LogP contribution in [0.15, 0.2) is 29.1 Å². The Morgan fingerprint density at radius 1 is 1.29 bits per heavy atom. The standard InChI is InChI=1S/C20H25N5O3/c1-3-17(27)16-11-14(9-8-13(16)7-6-12(2)26)23-10-4-5-15-18(21)24-20(22)25-19(15)28/h6-9,11,23H,3-5,10H2,1-2H3,(H5,21,22,24,25,28)/b7-6+. The highest BCUT2D eigenvalue weighted by Gasteiger charge is 2.10. The van der Waals surface area contributed by atoms with Gasteiger partial charge in [-0.15, -0.1) is 0 Å². The zero-order valence-corrected chi connectivity index (χ0v) is 16.0. The molecule has 0 saturated heterocycles. The lowest BCUT2D eigenvalue weighted by atomic mass is 10.0. The average Bonchev–Trinajstić information content (AvgIpc) is 2.64. The van der Waals surface area contributed by atoms with Crippen molar-refractivity contribution < 1.29 is 9.59 Å². The first kappa shape index (κ1) is 20.9. The molecule has 0 aliphatic rings. The van der Waals surface area contributed by atoms with Crippen LogP contribution in [-0.4, -0.2) is 28.1 Å². The summed E-state index contributed by atoms with van der Waals surface area (Å²) in [5.74, 6) is 0.0534. The number of nitrogens with zero attached hydrogens (tertiary/aromatic N) is 1. The maximum Gasteiger partial charge on any atom is 0.257 e. The Hall–Kier alpha value is -3.42. The summed E-state index contributed by atoms with van der Waals surface area (Å²) in [4.78, 5) is 41.6. The van der Waals surface area contributed by atoms with Gasteiger partial charge in [-0.05, 0) is 43.5 Å². The maximum absolute atomic E-state index is 12.2. The van der Waals surface area contributed by atoms with Crippen LogP contribution in [0, 0.1) is 0 Å². The number of hydrogen-bond acceptors (Lipinski definition) is 7. The van der Waals surface area contributed by atoms with Gasteiger partial charge in [0.1, 0.15) is 5.82 Å². The second-order valence-electron chi connectivity index (χ2n) is 6.37. The zero-order valence-electron chi connectivity index (χ0n) is 16.0. The van der Waals surface area contributed by atoms with Gasteiger partial charge in [0.05, 0.1) is 5.56 Å². The molecule has 0 unspecified atom stereocenters. The van der Waals surface area contributed by atoms with E-state index in [1.54, 1.807) is 25.1 Å². The Labute approximate surface area is 163 Å². The van der Waals surface area contributed by atoms with Crippen molar-refractivity contribution in [1.29, 1.82) is 0 Å². The van der Waals surface area contributed by atoms with Crippen LogP contribution in [0.5, 0.6) is 0 Å². The molecular weight excluding hydrogens is 358 g/mol. The van der Waals surface area contributed by atoms with Gasteiger partial charge in [-0.3, -0.25) is 19.4 Å². The van der Waals surface area contributed by atoms with Gasteiger partial charge in [0, 0.05) is 24.2 Å². The van der Waals surface area contributed by atoms with Crippen molar-refractivity contribution in [2.45, 2.75) is 33.1 Å². The minimum Gasteiger partial charge on any atom is -0.385 e. The largest absolute Gasteiger partial charge is 0.385 e. The fraction of sp³-hybridized carbons (Fsp3) is 0.300. The molecule has 2 aromatic rings. The van der Waals surface area contributed by atoms with E-state index in [9.17, 15) is 14.4 Å². The Kier molecular flexibility index (Phi) is 7.08. The minimum absolute atomic E-state index is 0.000826. The summed E-state index contributed by atoms with van der Waals surface area (Å²) in [5, 5.41) is 3.24. The van der Waals surface area contributed by atoms with Crippen LogP contribution >= 0.6 is 0 Å². The number of aromatic nitrogens is 2. The first-order valence-corrected chi connectivity index (χ1v) is 9.05. The summed E-state index contributed by atoms with van der Waals surface area (Å²) in [6.07, 6.45) is 4.55. The number of benzene rings is 1. The minimum atomic E-state index is -0.331. The molecule has 0 fully saturated rings. The fourth-order valence-corrected chi connectivity index (χ4v) is 2.72. The van der Waals surface area contributed by atoms with Crippen LogP contribution in [-0.2, 0) is 11.2 Å². The highest BCUT2D eigenvalue weighted by atomic mass is 16.1. The third kappa shape index (κ3) is 5.54. The number of carbonyl (C=O) groups excluding carboxylic acids is 2. The smallest absolute Gasteiger partial charge is 0.257 e. The number of ketones is 2. The molecule has 0 aliphatic carbocycles. The number of H-pyrrole nitrogens is 1. The molecule has 0 amide bonds. The summed E-state index contributed by atoms with van der Waals surface area (Å²) in [5.41, 5.74) is 13.3. The van der Waals surface area contributed by atoms with E-state index in [0.29, 0.717) is 42.5 Å². The number of rotatable bonds is 9. The van der Waals surface area contributed by atoms with E-state index in [0.717, 1.165) is 5.69 Å². The molecule has 8 heteroatoms. The maximum atomic E-state index is 12.2. The number of nitrogens with two attached hydrogens (primary N) is 2. The van der Waals surface area contributed by atoms with Crippen molar-refractivity contribution in [3.63, 3.8) is 0 Å². The van der Waals surface area contributed by atoms with Gasteiger partial charge in [-0.2, -0.15) is 4.98 Å².